The van der Waals surface area contributed by atoms with Crippen molar-refractivity contribution in [3.8, 4) is 0 Å². The van der Waals surface area contributed by atoms with E-state index in [4.69, 9.17) is 4.74 Å². The topological polar surface area (TPSA) is 46.6 Å². The Hall–Kier alpha value is -1.06. The summed E-state index contributed by atoms with van der Waals surface area (Å²) in [5.74, 6) is 0.445. The minimum absolute atomic E-state index is 0.203. The van der Waals surface area contributed by atoms with Crippen LogP contribution < -0.4 is 0 Å². The molecule has 0 N–H and O–H groups in total. The number of hydrogen-bond acceptors (Lipinski definition) is 3. The van der Waals surface area contributed by atoms with Gasteiger partial charge in [-0.2, -0.15) is 0 Å². The molecule has 0 aromatic heterocycles. The third kappa shape index (κ3) is 6.80. The average Bonchev–Trinajstić information content (AvgIpc) is 2.56. The number of carbonyl (C=O) groups is 2. The SMILES string of the molecule is CCCCN(CC(C)C(=O)OC)C(=O)CCC1CCCCC1. The van der Waals surface area contributed by atoms with Crippen molar-refractivity contribution in [1.82, 2.24) is 4.90 Å². The van der Waals surface area contributed by atoms with Gasteiger partial charge < -0.3 is 9.64 Å². The van der Waals surface area contributed by atoms with Crippen LogP contribution in [0.5, 0.6) is 0 Å². The first-order valence-corrected chi connectivity index (χ1v) is 8.94. The second kappa shape index (κ2) is 10.6. The molecule has 0 aromatic rings. The first kappa shape index (κ1) is 19.0. The highest BCUT2D eigenvalue weighted by Crippen LogP contribution is 2.27. The Kier molecular flexibility index (Phi) is 9.17. The third-order valence-electron chi connectivity index (χ3n) is 4.72. The summed E-state index contributed by atoms with van der Waals surface area (Å²) in [6.45, 7) is 5.19. The van der Waals surface area contributed by atoms with E-state index in [2.05, 4.69) is 6.92 Å². The Morgan fingerprint density at radius 3 is 2.50 bits per heavy atom. The second-order valence-electron chi connectivity index (χ2n) is 6.66. The summed E-state index contributed by atoms with van der Waals surface area (Å²) in [7, 11) is 1.40. The number of hydrogen-bond donors (Lipinski definition) is 0. The molecule has 0 saturated heterocycles. The van der Waals surface area contributed by atoms with Crippen molar-refractivity contribution in [2.45, 2.75) is 71.6 Å². The van der Waals surface area contributed by atoms with Gasteiger partial charge in [0.15, 0.2) is 0 Å². The summed E-state index contributed by atoms with van der Waals surface area (Å²) in [5, 5.41) is 0. The molecule has 1 aliphatic rings. The molecule has 0 spiro atoms. The molecule has 22 heavy (non-hydrogen) atoms. The van der Waals surface area contributed by atoms with Gasteiger partial charge in [0.2, 0.25) is 5.91 Å². The molecule has 128 valence electrons. The lowest BCUT2D eigenvalue weighted by atomic mass is 9.86. The fourth-order valence-electron chi connectivity index (χ4n) is 3.23. The van der Waals surface area contributed by atoms with Gasteiger partial charge in [0, 0.05) is 19.5 Å². The molecule has 0 aliphatic heterocycles. The van der Waals surface area contributed by atoms with Crippen LogP contribution >= 0.6 is 0 Å². The summed E-state index contributed by atoms with van der Waals surface area (Å²) < 4.78 is 4.78. The highest BCUT2D eigenvalue weighted by Gasteiger charge is 2.22. The maximum atomic E-state index is 12.5. The fraction of sp³-hybridized carbons (Fsp3) is 0.889. The monoisotopic (exact) mass is 311 g/mol. The highest BCUT2D eigenvalue weighted by molar-refractivity contribution is 5.78. The van der Waals surface area contributed by atoms with E-state index in [1.165, 1.54) is 39.2 Å². The molecular weight excluding hydrogens is 278 g/mol. The number of methoxy groups -OCH3 is 1. The van der Waals surface area contributed by atoms with Gasteiger partial charge in [0.25, 0.3) is 0 Å². The molecule has 1 fully saturated rings. The molecule has 1 amide bonds. The zero-order valence-corrected chi connectivity index (χ0v) is 14.6. The van der Waals surface area contributed by atoms with Gasteiger partial charge in [-0.15, -0.1) is 0 Å². The average molecular weight is 311 g/mol. The van der Waals surface area contributed by atoms with Crippen LogP contribution in [0.4, 0.5) is 0 Å². The van der Waals surface area contributed by atoms with Crippen LogP contribution in [0.25, 0.3) is 0 Å². The van der Waals surface area contributed by atoms with Crippen LogP contribution in [0.2, 0.25) is 0 Å². The zero-order valence-electron chi connectivity index (χ0n) is 14.6. The Bertz CT molecular complexity index is 337. The Morgan fingerprint density at radius 1 is 1.23 bits per heavy atom. The second-order valence-corrected chi connectivity index (χ2v) is 6.66. The highest BCUT2D eigenvalue weighted by atomic mass is 16.5. The molecule has 0 radical (unpaired) electrons. The van der Waals surface area contributed by atoms with Gasteiger partial charge in [-0.3, -0.25) is 9.59 Å². The fourth-order valence-corrected chi connectivity index (χ4v) is 3.23. The predicted octanol–water partition coefficient (Wildman–Crippen LogP) is 3.78. The number of amides is 1. The number of esters is 1. The van der Waals surface area contributed by atoms with Crippen LogP contribution in [0.3, 0.4) is 0 Å². The molecule has 0 aromatic carbocycles. The van der Waals surface area contributed by atoms with Crippen molar-refractivity contribution in [3.05, 3.63) is 0 Å². The molecule has 0 heterocycles. The minimum atomic E-state index is -0.250. The van der Waals surface area contributed by atoms with E-state index >= 15 is 0 Å². The maximum absolute atomic E-state index is 12.5. The molecule has 0 bridgehead atoms. The van der Waals surface area contributed by atoms with Crippen LogP contribution in [0, 0.1) is 11.8 Å². The van der Waals surface area contributed by atoms with E-state index in [0.29, 0.717) is 13.0 Å². The molecular formula is C18H33NO3. The zero-order chi connectivity index (χ0) is 16.4. The van der Waals surface area contributed by atoms with E-state index < -0.39 is 0 Å². The summed E-state index contributed by atoms with van der Waals surface area (Å²) in [5.41, 5.74) is 0. The first-order valence-electron chi connectivity index (χ1n) is 8.94. The van der Waals surface area contributed by atoms with Gasteiger partial charge in [-0.1, -0.05) is 52.4 Å². The number of unbranched alkanes of at least 4 members (excludes halogenated alkanes) is 1. The lowest BCUT2D eigenvalue weighted by molar-refractivity contribution is -0.146. The summed E-state index contributed by atoms with van der Waals surface area (Å²) >= 11 is 0. The van der Waals surface area contributed by atoms with E-state index in [1.54, 1.807) is 0 Å². The molecule has 1 aliphatic carbocycles. The van der Waals surface area contributed by atoms with Crippen molar-refractivity contribution in [2.75, 3.05) is 20.2 Å². The van der Waals surface area contributed by atoms with E-state index in [9.17, 15) is 9.59 Å². The molecule has 1 atom stereocenters. The number of rotatable bonds is 9. The van der Waals surface area contributed by atoms with E-state index in [-0.39, 0.29) is 17.8 Å². The minimum Gasteiger partial charge on any atom is -0.469 e. The van der Waals surface area contributed by atoms with Gasteiger partial charge in [-0.05, 0) is 18.8 Å². The van der Waals surface area contributed by atoms with Crippen LogP contribution in [0.1, 0.15) is 71.6 Å². The maximum Gasteiger partial charge on any atom is 0.310 e. The van der Waals surface area contributed by atoms with Gasteiger partial charge in [-0.25, -0.2) is 0 Å². The summed E-state index contributed by atoms with van der Waals surface area (Å²) in [4.78, 5) is 26.0. The van der Waals surface area contributed by atoms with Crippen molar-refractivity contribution >= 4 is 11.9 Å². The van der Waals surface area contributed by atoms with Gasteiger partial charge >= 0.3 is 5.97 Å². The lowest BCUT2D eigenvalue weighted by Crippen LogP contribution is -2.38. The van der Waals surface area contributed by atoms with Crippen LogP contribution in [-0.4, -0.2) is 37.0 Å². The predicted molar refractivity (Wildman–Crippen MR) is 88.5 cm³/mol. The van der Waals surface area contributed by atoms with Crippen molar-refractivity contribution in [1.29, 1.82) is 0 Å². The molecule has 4 nitrogen and oxygen atoms in total. The Labute approximate surface area is 135 Å². The summed E-state index contributed by atoms with van der Waals surface area (Å²) in [6.07, 6.45) is 10.2. The van der Waals surface area contributed by atoms with E-state index in [0.717, 1.165) is 31.7 Å². The van der Waals surface area contributed by atoms with Gasteiger partial charge in [0.1, 0.15) is 0 Å². The largest absolute Gasteiger partial charge is 0.469 e. The third-order valence-corrected chi connectivity index (χ3v) is 4.72. The summed E-state index contributed by atoms with van der Waals surface area (Å²) in [6, 6.07) is 0. The number of nitrogens with zero attached hydrogens (tertiary/aromatic N) is 1. The van der Waals surface area contributed by atoms with Gasteiger partial charge in [0.05, 0.1) is 13.0 Å². The molecule has 1 rings (SSSR count). The molecule has 1 unspecified atom stereocenters. The molecule has 1 saturated carbocycles. The smallest absolute Gasteiger partial charge is 0.310 e. The van der Waals surface area contributed by atoms with Crippen molar-refractivity contribution in [3.63, 3.8) is 0 Å². The van der Waals surface area contributed by atoms with E-state index in [1.807, 2.05) is 11.8 Å². The number of carbonyl (C=O) groups excluding carboxylic acids is 2. The Morgan fingerprint density at radius 2 is 1.91 bits per heavy atom. The van der Waals surface area contributed by atoms with Crippen molar-refractivity contribution < 1.29 is 14.3 Å². The normalized spacial score (nSPS) is 17.0. The van der Waals surface area contributed by atoms with Crippen LogP contribution in [-0.2, 0) is 14.3 Å². The Balaban J connectivity index is 2.45. The number of ether oxygens (including phenoxy) is 1. The molecule has 4 heteroatoms. The standard InChI is InChI=1S/C18H33NO3/c1-4-5-13-19(14-15(2)18(21)22-3)17(20)12-11-16-9-7-6-8-10-16/h15-16H,4-14H2,1-3H3. The first-order chi connectivity index (χ1) is 10.6. The quantitative estimate of drug-likeness (QED) is 0.609. The van der Waals surface area contributed by atoms with Crippen molar-refractivity contribution in [2.24, 2.45) is 11.8 Å². The van der Waals surface area contributed by atoms with Crippen LogP contribution in [0.15, 0.2) is 0 Å². The lowest BCUT2D eigenvalue weighted by Gasteiger charge is -2.27.